The number of hydrogen-bond donors (Lipinski definition) is 3. The molecule has 0 bridgehead atoms. The van der Waals surface area contributed by atoms with Crippen LogP contribution in [0.4, 0.5) is 5.69 Å². The number of nitrogens with one attached hydrogen (secondary N) is 1. The van der Waals surface area contributed by atoms with Gasteiger partial charge in [0, 0.05) is 12.6 Å². The Bertz CT molecular complexity index is 476. The summed E-state index contributed by atoms with van der Waals surface area (Å²) in [5.41, 5.74) is -0.0815. The van der Waals surface area contributed by atoms with Gasteiger partial charge in [0.2, 0.25) is 0 Å². The molecule has 1 rings (SSSR count). The van der Waals surface area contributed by atoms with Crippen molar-refractivity contribution >= 4 is 11.6 Å². The van der Waals surface area contributed by atoms with Gasteiger partial charge < -0.3 is 20.3 Å². The van der Waals surface area contributed by atoms with E-state index in [0.717, 1.165) is 6.07 Å². The van der Waals surface area contributed by atoms with E-state index >= 15 is 0 Å². The van der Waals surface area contributed by atoms with Gasteiger partial charge in [-0.2, -0.15) is 0 Å². The number of aliphatic hydroxyl groups is 2. The Labute approximate surface area is 108 Å². The molecule has 8 heteroatoms. The molecule has 0 aromatic heterocycles. The molecule has 0 saturated heterocycles. The van der Waals surface area contributed by atoms with Crippen molar-refractivity contribution in [1.82, 2.24) is 5.32 Å². The molecule has 1 aromatic rings. The second kappa shape index (κ2) is 6.66. The lowest BCUT2D eigenvalue weighted by atomic mass is 10.1. The zero-order chi connectivity index (χ0) is 14.4. The number of carbonyl (C=O) groups is 1. The number of aliphatic hydroxyl groups excluding tert-OH is 2. The Morgan fingerprint density at radius 1 is 1.58 bits per heavy atom. The highest BCUT2D eigenvalue weighted by atomic mass is 16.6. The van der Waals surface area contributed by atoms with Gasteiger partial charge in [0.25, 0.3) is 11.6 Å². The van der Waals surface area contributed by atoms with Crippen molar-refractivity contribution in [2.24, 2.45) is 0 Å². The van der Waals surface area contributed by atoms with Gasteiger partial charge in [-0.15, -0.1) is 0 Å². The Morgan fingerprint density at radius 3 is 2.79 bits per heavy atom. The fourth-order valence-electron chi connectivity index (χ4n) is 1.35. The first-order chi connectivity index (χ1) is 8.99. The number of carbonyl (C=O) groups excluding carboxylic acids is 1. The predicted octanol–water partition coefficient (Wildman–Crippen LogP) is -0.314. The van der Waals surface area contributed by atoms with Crippen LogP contribution in [0, 0.1) is 10.1 Å². The Balaban J connectivity index is 2.87. The summed E-state index contributed by atoms with van der Waals surface area (Å²) in [6.07, 6.45) is -1.06. The molecule has 1 atom stereocenters. The minimum absolute atomic E-state index is 0.0604. The maximum Gasteiger partial charge on any atom is 0.273 e. The summed E-state index contributed by atoms with van der Waals surface area (Å²) < 4.78 is 4.91. The average Bonchev–Trinajstić information content (AvgIpc) is 2.43. The number of benzene rings is 1. The molecular weight excluding hydrogens is 256 g/mol. The summed E-state index contributed by atoms with van der Waals surface area (Å²) in [5.74, 6) is -0.496. The van der Waals surface area contributed by atoms with E-state index in [1.807, 2.05) is 0 Å². The quantitative estimate of drug-likeness (QED) is 0.481. The summed E-state index contributed by atoms with van der Waals surface area (Å²) in [6, 6.07) is 3.58. The van der Waals surface area contributed by atoms with Crippen LogP contribution in [0.2, 0.25) is 0 Å². The number of amides is 1. The normalized spacial score (nSPS) is 11.7. The van der Waals surface area contributed by atoms with Gasteiger partial charge in [-0.25, -0.2) is 0 Å². The third-order valence-corrected chi connectivity index (χ3v) is 2.35. The van der Waals surface area contributed by atoms with Crippen LogP contribution >= 0.6 is 0 Å². The topological polar surface area (TPSA) is 122 Å². The molecule has 0 aliphatic rings. The van der Waals surface area contributed by atoms with E-state index < -0.39 is 23.5 Å². The van der Waals surface area contributed by atoms with Crippen LogP contribution < -0.4 is 10.1 Å². The number of nitro benzene ring substituents is 1. The molecular formula is C11H14N2O6. The molecule has 1 aromatic carbocycles. The smallest absolute Gasteiger partial charge is 0.273 e. The maximum absolute atomic E-state index is 11.8. The van der Waals surface area contributed by atoms with Crippen LogP contribution in [-0.4, -0.2) is 47.4 Å². The number of ether oxygens (including phenoxy) is 1. The summed E-state index contributed by atoms with van der Waals surface area (Å²) in [4.78, 5) is 21.8. The van der Waals surface area contributed by atoms with E-state index in [-0.39, 0.29) is 23.5 Å². The van der Waals surface area contributed by atoms with Crippen LogP contribution in [0.15, 0.2) is 18.2 Å². The molecule has 1 amide bonds. The zero-order valence-corrected chi connectivity index (χ0v) is 10.2. The molecule has 1 unspecified atom stereocenters. The molecule has 3 N–H and O–H groups in total. The van der Waals surface area contributed by atoms with Crippen molar-refractivity contribution in [3.05, 3.63) is 33.9 Å². The SMILES string of the molecule is COc1cc([N+](=O)[O-])ccc1C(=O)NCC(O)CO. The minimum atomic E-state index is -1.06. The predicted molar refractivity (Wildman–Crippen MR) is 65.1 cm³/mol. The van der Waals surface area contributed by atoms with Gasteiger partial charge in [0.15, 0.2) is 0 Å². The third kappa shape index (κ3) is 3.90. The number of hydrogen-bond acceptors (Lipinski definition) is 6. The Morgan fingerprint density at radius 2 is 2.26 bits per heavy atom. The summed E-state index contributed by atoms with van der Waals surface area (Å²) in [5, 5.41) is 30.7. The molecule has 0 radical (unpaired) electrons. The third-order valence-electron chi connectivity index (χ3n) is 2.35. The Kier molecular flexibility index (Phi) is 5.22. The first-order valence-electron chi connectivity index (χ1n) is 5.39. The van der Waals surface area contributed by atoms with E-state index in [4.69, 9.17) is 14.9 Å². The molecule has 0 aliphatic carbocycles. The van der Waals surface area contributed by atoms with Crippen LogP contribution in [0.25, 0.3) is 0 Å². The zero-order valence-electron chi connectivity index (χ0n) is 10.2. The first kappa shape index (κ1) is 14.9. The number of rotatable bonds is 6. The lowest BCUT2D eigenvalue weighted by molar-refractivity contribution is -0.384. The fraction of sp³-hybridized carbons (Fsp3) is 0.364. The lowest BCUT2D eigenvalue weighted by Gasteiger charge is -2.11. The van der Waals surface area contributed by atoms with Gasteiger partial charge in [0.05, 0.1) is 36.4 Å². The second-order valence-corrected chi connectivity index (χ2v) is 3.69. The number of nitrogens with zero attached hydrogens (tertiary/aromatic N) is 1. The van der Waals surface area contributed by atoms with Gasteiger partial charge in [-0.3, -0.25) is 14.9 Å². The molecule has 0 heterocycles. The largest absolute Gasteiger partial charge is 0.496 e. The van der Waals surface area contributed by atoms with Gasteiger partial charge in [0.1, 0.15) is 5.75 Å². The first-order valence-corrected chi connectivity index (χ1v) is 5.39. The van der Waals surface area contributed by atoms with Gasteiger partial charge in [-0.1, -0.05) is 0 Å². The summed E-state index contributed by atoms with van der Waals surface area (Å²) in [7, 11) is 1.29. The molecule has 0 fully saturated rings. The fourth-order valence-corrected chi connectivity index (χ4v) is 1.35. The molecule has 19 heavy (non-hydrogen) atoms. The number of nitro groups is 1. The second-order valence-electron chi connectivity index (χ2n) is 3.69. The Hall–Kier alpha value is -2.19. The van der Waals surface area contributed by atoms with Crippen molar-refractivity contribution in [3.63, 3.8) is 0 Å². The number of non-ortho nitro benzene ring substituents is 1. The van der Waals surface area contributed by atoms with Crippen molar-refractivity contribution in [1.29, 1.82) is 0 Å². The highest BCUT2D eigenvalue weighted by Crippen LogP contribution is 2.24. The summed E-state index contributed by atoms with van der Waals surface area (Å²) in [6.45, 7) is -0.604. The molecule has 0 saturated carbocycles. The highest BCUT2D eigenvalue weighted by molar-refractivity contribution is 5.97. The maximum atomic E-state index is 11.8. The van der Waals surface area contributed by atoms with Crippen molar-refractivity contribution in [2.75, 3.05) is 20.3 Å². The average molecular weight is 270 g/mol. The lowest BCUT2D eigenvalue weighted by Crippen LogP contribution is -2.34. The van der Waals surface area contributed by atoms with E-state index in [9.17, 15) is 14.9 Å². The van der Waals surface area contributed by atoms with E-state index in [2.05, 4.69) is 5.32 Å². The van der Waals surface area contributed by atoms with Crippen LogP contribution in [0.5, 0.6) is 5.75 Å². The number of methoxy groups -OCH3 is 1. The minimum Gasteiger partial charge on any atom is -0.496 e. The van der Waals surface area contributed by atoms with E-state index in [1.54, 1.807) is 0 Å². The van der Waals surface area contributed by atoms with Crippen molar-refractivity contribution < 1.29 is 24.7 Å². The molecule has 0 aliphatic heterocycles. The summed E-state index contributed by atoms with van der Waals surface area (Å²) >= 11 is 0. The monoisotopic (exact) mass is 270 g/mol. The van der Waals surface area contributed by atoms with E-state index in [0.29, 0.717) is 0 Å². The van der Waals surface area contributed by atoms with Gasteiger partial charge in [-0.05, 0) is 6.07 Å². The standard InChI is InChI=1S/C11H14N2O6/c1-19-10-4-7(13(17)18)2-3-9(10)11(16)12-5-8(15)6-14/h2-4,8,14-15H,5-6H2,1H3,(H,12,16). The van der Waals surface area contributed by atoms with Crippen LogP contribution in [0.1, 0.15) is 10.4 Å². The van der Waals surface area contributed by atoms with Gasteiger partial charge >= 0.3 is 0 Å². The van der Waals surface area contributed by atoms with Crippen molar-refractivity contribution in [3.8, 4) is 5.75 Å². The van der Waals surface area contributed by atoms with Crippen LogP contribution in [-0.2, 0) is 0 Å². The molecule has 104 valence electrons. The van der Waals surface area contributed by atoms with E-state index in [1.165, 1.54) is 19.2 Å². The van der Waals surface area contributed by atoms with Crippen LogP contribution in [0.3, 0.4) is 0 Å². The molecule has 8 nitrogen and oxygen atoms in total. The molecule has 0 spiro atoms. The van der Waals surface area contributed by atoms with Crippen molar-refractivity contribution in [2.45, 2.75) is 6.10 Å². The highest BCUT2D eigenvalue weighted by Gasteiger charge is 2.17.